The van der Waals surface area contributed by atoms with Crippen LogP contribution in [0.15, 0.2) is 0 Å². The highest BCUT2D eigenvalue weighted by molar-refractivity contribution is 5.83. The van der Waals surface area contributed by atoms with E-state index in [0.717, 1.165) is 32.1 Å². The standard InChI is InChI=1S/C21H32O4/c1-20-8-7-13(23)9-12(20)3-4-14-15-5-6-16(18(25)11-22)21(15,2)10-17(24)19(14)20/h12,14-17,19,22,24H,3-11H2,1-2H3/t12-,14+,15+,16?,17+,19-,20+,21+/m1/s1. The molecule has 140 valence electrons. The van der Waals surface area contributed by atoms with Gasteiger partial charge in [-0.2, -0.15) is 0 Å². The van der Waals surface area contributed by atoms with Crippen LogP contribution >= 0.6 is 0 Å². The number of hydrogen-bond acceptors (Lipinski definition) is 4. The molecule has 0 aromatic carbocycles. The van der Waals surface area contributed by atoms with Gasteiger partial charge in [-0.1, -0.05) is 13.8 Å². The Bertz CT molecular complexity index is 586. The summed E-state index contributed by atoms with van der Waals surface area (Å²) in [4.78, 5) is 24.3. The second-order valence-electron chi connectivity index (χ2n) is 9.85. The number of aliphatic hydroxyl groups is 2. The van der Waals surface area contributed by atoms with Crippen molar-refractivity contribution in [3.63, 3.8) is 0 Å². The molecule has 1 unspecified atom stereocenters. The Morgan fingerprint density at radius 1 is 1.16 bits per heavy atom. The molecule has 0 spiro atoms. The van der Waals surface area contributed by atoms with E-state index in [1.54, 1.807) is 0 Å². The van der Waals surface area contributed by atoms with Crippen molar-refractivity contribution >= 4 is 11.6 Å². The molecule has 0 saturated heterocycles. The van der Waals surface area contributed by atoms with E-state index in [1.165, 1.54) is 0 Å². The van der Waals surface area contributed by atoms with Crippen LogP contribution in [-0.2, 0) is 9.59 Å². The summed E-state index contributed by atoms with van der Waals surface area (Å²) in [6.45, 7) is 4.12. The molecule has 2 N–H and O–H groups in total. The minimum absolute atomic E-state index is 0.0428. The molecule has 0 heterocycles. The average molecular weight is 348 g/mol. The lowest BCUT2D eigenvalue weighted by molar-refractivity contribution is -0.174. The van der Waals surface area contributed by atoms with Gasteiger partial charge in [0, 0.05) is 18.8 Å². The lowest BCUT2D eigenvalue weighted by Gasteiger charge is -2.61. The fraction of sp³-hybridized carbons (Fsp3) is 0.905. The van der Waals surface area contributed by atoms with Gasteiger partial charge in [-0.25, -0.2) is 0 Å². The minimum Gasteiger partial charge on any atom is -0.393 e. The Morgan fingerprint density at radius 2 is 1.92 bits per heavy atom. The van der Waals surface area contributed by atoms with Crippen molar-refractivity contribution < 1.29 is 19.8 Å². The normalized spacial score (nSPS) is 52.2. The summed E-state index contributed by atoms with van der Waals surface area (Å²) in [6.07, 6.45) is 6.62. The summed E-state index contributed by atoms with van der Waals surface area (Å²) < 4.78 is 0. The molecule has 4 nitrogen and oxygen atoms in total. The number of rotatable bonds is 2. The van der Waals surface area contributed by atoms with Crippen LogP contribution in [-0.4, -0.2) is 34.5 Å². The summed E-state index contributed by atoms with van der Waals surface area (Å²) >= 11 is 0. The molecule has 4 heteroatoms. The average Bonchev–Trinajstić information content (AvgIpc) is 2.91. The summed E-state index contributed by atoms with van der Waals surface area (Å²) in [7, 11) is 0. The van der Waals surface area contributed by atoms with E-state index in [1.807, 2.05) is 0 Å². The van der Waals surface area contributed by atoms with Crippen LogP contribution in [0.1, 0.15) is 65.2 Å². The third kappa shape index (κ3) is 2.39. The highest BCUT2D eigenvalue weighted by Crippen LogP contribution is 2.67. The van der Waals surface area contributed by atoms with Crippen LogP contribution in [0.5, 0.6) is 0 Å². The van der Waals surface area contributed by atoms with Crippen LogP contribution in [0.3, 0.4) is 0 Å². The second-order valence-corrected chi connectivity index (χ2v) is 9.85. The molecule has 25 heavy (non-hydrogen) atoms. The molecule has 4 fully saturated rings. The molecule has 4 rings (SSSR count). The van der Waals surface area contributed by atoms with Gasteiger partial charge in [0.25, 0.3) is 0 Å². The van der Waals surface area contributed by atoms with E-state index >= 15 is 0 Å². The van der Waals surface area contributed by atoms with Gasteiger partial charge in [0.2, 0.25) is 0 Å². The number of ketones is 2. The van der Waals surface area contributed by atoms with Crippen molar-refractivity contribution in [2.24, 2.45) is 40.4 Å². The highest BCUT2D eigenvalue weighted by Gasteiger charge is 2.63. The quantitative estimate of drug-likeness (QED) is 0.805. The number of hydrogen-bond donors (Lipinski definition) is 2. The Labute approximate surface area is 150 Å². The molecular weight excluding hydrogens is 316 g/mol. The fourth-order valence-electron chi connectivity index (χ4n) is 7.81. The maximum atomic E-state index is 12.3. The molecule has 0 aromatic heterocycles. The van der Waals surface area contributed by atoms with Crippen molar-refractivity contribution in [1.82, 2.24) is 0 Å². The topological polar surface area (TPSA) is 74.6 Å². The van der Waals surface area contributed by atoms with Gasteiger partial charge < -0.3 is 10.2 Å². The first kappa shape index (κ1) is 17.7. The van der Waals surface area contributed by atoms with Crippen LogP contribution in [0.2, 0.25) is 0 Å². The summed E-state index contributed by atoms with van der Waals surface area (Å²) in [5.41, 5.74) is -0.106. The summed E-state index contributed by atoms with van der Waals surface area (Å²) in [5.74, 6) is 1.86. The molecule has 4 saturated carbocycles. The molecule has 0 amide bonds. The van der Waals surface area contributed by atoms with E-state index in [-0.39, 0.29) is 41.2 Å². The third-order valence-electron chi connectivity index (χ3n) is 8.95. The first-order chi connectivity index (χ1) is 11.8. The number of carbonyl (C=O) groups excluding carboxylic acids is 2. The molecule has 0 radical (unpaired) electrons. The summed E-state index contributed by atoms with van der Waals surface area (Å²) in [6, 6.07) is 0. The van der Waals surface area contributed by atoms with Gasteiger partial charge in [-0.3, -0.25) is 9.59 Å². The maximum Gasteiger partial charge on any atom is 0.161 e. The molecule has 0 aromatic rings. The molecule has 0 bridgehead atoms. The number of fused-ring (bicyclic) bond motifs is 5. The Morgan fingerprint density at radius 3 is 2.64 bits per heavy atom. The first-order valence-corrected chi connectivity index (χ1v) is 10.1. The molecule has 0 aliphatic heterocycles. The van der Waals surface area contributed by atoms with E-state index in [2.05, 4.69) is 13.8 Å². The molecule has 8 atom stereocenters. The third-order valence-corrected chi connectivity index (χ3v) is 8.95. The largest absolute Gasteiger partial charge is 0.393 e. The lowest BCUT2D eigenvalue weighted by Crippen LogP contribution is -2.59. The van der Waals surface area contributed by atoms with E-state index in [9.17, 15) is 19.8 Å². The first-order valence-electron chi connectivity index (χ1n) is 10.1. The predicted molar refractivity (Wildman–Crippen MR) is 93.7 cm³/mol. The lowest BCUT2D eigenvalue weighted by atomic mass is 9.44. The van der Waals surface area contributed by atoms with Gasteiger partial charge in [-0.15, -0.1) is 0 Å². The molecule has 4 aliphatic rings. The zero-order valence-corrected chi connectivity index (χ0v) is 15.5. The second kappa shape index (κ2) is 5.88. The van der Waals surface area contributed by atoms with Crippen LogP contribution in [0, 0.1) is 40.4 Å². The SMILES string of the molecule is C[C@]12CCC(=O)C[C@H]1CC[C@@H]1[C@@H]2[C@@H](O)C[C@]2(C)C(C(=O)CO)CC[C@@H]12. The van der Waals surface area contributed by atoms with Crippen LogP contribution in [0.25, 0.3) is 0 Å². The summed E-state index contributed by atoms with van der Waals surface area (Å²) in [5, 5.41) is 20.6. The maximum absolute atomic E-state index is 12.3. The van der Waals surface area contributed by atoms with Crippen molar-refractivity contribution in [1.29, 1.82) is 0 Å². The Kier molecular flexibility index (Phi) is 4.16. The Balaban J connectivity index is 1.66. The number of carbonyl (C=O) groups is 2. The van der Waals surface area contributed by atoms with Crippen molar-refractivity contribution in [2.75, 3.05) is 6.61 Å². The van der Waals surface area contributed by atoms with E-state index < -0.39 is 0 Å². The Hall–Kier alpha value is -0.740. The van der Waals surface area contributed by atoms with Gasteiger partial charge in [0.05, 0.1) is 6.10 Å². The highest BCUT2D eigenvalue weighted by atomic mass is 16.3. The van der Waals surface area contributed by atoms with Crippen molar-refractivity contribution in [2.45, 2.75) is 71.3 Å². The van der Waals surface area contributed by atoms with Crippen LogP contribution < -0.4 is 0 Å². The number of Topliss-reactive ketones (excluding diaryl/α,β-unsaturated/α-hetero) is 2. The van der Waals surface area contributed by atoms with Crippen LogP contribution in [0.4, 0.5) is 0 Å². The molecular formula is C21H32O4. The molecule has 4 aliphatic carbocycles. The zero-order chi connectivity index (χ0) is 18.0. The van der Waals surface area contributed by atoms with Crippen molar-refractivity contribution in [3.8, 4) is 0 Å². The minimum atomic E-state index is -0.389. The van der Waals surface area contributed by atoms with Gasteiger partial charge in [-0.05, 0) is 73.0 Å². The van der Waals surface area contributed by atoms with Gasteiger partial charge in [0.15, 0.2) is 5.78 Å². The zero-order valence-electron chi connectivity index (χ0n) is 15.5. The predicted octanol–water partition coefficient (Wildman–Crippen LogP) is 2.75. The van der Waals surface area contributed by atoms with E-state index in [4.69, 9.17) is 0 Å². The van der Waals surface area contributed by atoms with Crippen molar-refractivity contribution in [3.05, 3.63) is 0 Å². The smallest absolute Gasteiger partial charge is 0.161 e. The van der Waals surface area contributed by atoms with E-state index in [0.29, 0.717) is 42.8 Å². The monoisotopic (exact) mass is 348 g/mol. The number of aliphatic hydroxyl groups excluding tert-OH is 2. The fourth-order valence-corrected chi connectivity index (χ4v) is 7.81. The van der Waals surface area contributed by atoms with Gasteiger partial charge in [0.1, 0.15) is 12.4 Å². The van der Waals surface area contributed by atoms with Gasteiger partial charge >= 0.3 is 0 Å².